The maximum atomic E-state index is 12.5. The molecule has 0 saturated heterocycles. The molecule has 3 aromatic rings. The van der Waals surface area contributed by atoms with Crippen molar-refractivity contribution in [2.45, 2.75) is 4.90 Å². The number of carbonyl (C=O) groups is 1. The molecule has 1 atom stereocenters. The number of aromatic nitrogens is 1. The van der Waals surface area contributed by atoms with Gasteiger partial charge < -0.3 is 9.47 Å². The average molecular weight is 415 g/mol. The quantitative estimate of drug-likeness (QED) is 0.691. The third kappa shape index (κ3) is 3.77. The fraction of sp³-hybridized carbons (Fsp3) is 0.158. The van der Waals surface area contributed by atoms with E-state index in [1.807, 2.05) is 23.6 Å². The van der Waals surface area contributed by atoms with E-state index in [2.05, 4.69) is 10.3 Å². The number of benzene rings is 2. The summed E-state index contributed by atoms with van der Waals surface area (Å²) in [6.07, 6.45) is 0. The Morgan fingerprint density at radius 3 is 2.64 bits per heavy atom. The zero-order valence-corrected chi connectivity index (χ0v) is 16.8. The van der Waals surface area contributed by atoms with Gasteiger partial charge in [-0.1, -0.05) is 0 Å². The highest BCUT2D eigenvalue weighted by atomic mass is 32.2. The molecule has 2 aromatic carbocycles. The van der Waals surface area contributed by atoms with Crippen LogP contribution in [-0.4, -0.2) is 40.3 Å². The lowest BCUT2D eigenvalue weighted by Gasteiger charge is -2.09. The third-order valence-electron chi connectivity index (χ3n) is 4.04. The van der Waals surface area contributed by atoms with Crippen molar-refractivity contribution in [3.8, 4) is 22.8 Å². The summed E-state index contributed by atoms with van der Waals surface area (Å²) in [6.45, 7) is 0.220. The summed E-state index contributed by atoms with van der Waals surface area (Å²) < 4.78 is 24.3. The van der Waals surface area contributed by atoms with Crippen LogP contribution in [0.1, 0.15) is 10.4 Å². The molecule has 2 heterocycles. The molecule has 9 heteroatoms. The molecular formula is C19H17N3O4S2. The number of fused-ring (bicyclic) bond motifs is 1. The van der Waals surface area contributed by atoms with Crippen LogP contribution in [0.25, 0.3) is 11.3 Å². The number of carbonyl (C=O) groups excluding carboxylic acids is 1. The van der Waals surface area contributed by atoms with Gasteiger partial charge in [-0.05, 0) is 56.6 Å². The van der Waals surface area contributed by atoms with Gasteiger partial charge in [0.05, 0.1) is 10.6 Å². The second-order valence-corrected chi connectivity index (χ2v) is 8.70. The van der Waals surface area contributed by atoms with E-state index >= 15 is 0 Å². The predicted molar refractivity (Wildman–Crippen MR) is 108 cm³/mol. The van der Waals surface area contributed by atoms with Crippen molar-refractivity contribution >= 4 is 33.4 Å². The average Bonchev–Trinajstić information content (AvgIpc) is 3.36. The van der Waals surface area contributed by atoms with Gasteiger partial charge in [0.1, 0.15) is 11.0 Å². The van der Waals surface area contributed by atoms with E-state index in [0.717, 1.165) is 11.3 Å². The van der Waals surface area contributed by atoms with Crippen molar-refractivity contribution in [3.63, 3.8) is 0 Å². The van der Waals surface area contributed by atoms with Crippen molar-refractivity contribution in [1.82, 2.24) is 9.29 Å². The van der Waals surface area contributed by atoms with E-state index in [9.17, 15) is 9.00 Å². The molecule has 4 rings (SSSR count). The number of nitrogens with zero attached hydrogens (tertiary/aromatic N) is 2. The summed E-state index contributed by atoms with van der Waals surface area (Å²) >= 11 is 1.34. The molecule has 1 N–H and O–H groups in total. The Morgan fingerprint density at radius 1 is 1.14 bits per heavy atom. The molecule has 1 amide bonds. The molecule has 0 fully saturated rings. The Bertz CT molecular complexity index is 1050. The number of ether oxygens (including phenoxy) is 2. The third-order valence-corrected chi connectivity index (χ3v) is 6.14. The van der Waals surface area contributed by atoms with Crippen LogP contribution in [0.3, 0.4) is 0 Å². The highest BCUT2D eigenvalue weighted by Crippen LogP contribution is 2.36. The molecule has 0 bridgehead atoms. The fourth-order valence-electron chi connectivity index (χ4n) is 2.62. The number of thiazole rings is 1. The summed E-state index contributed by atoms with van der Waals surface area (Å²) in [5.41, 5.74) is 2.10. The zero-order valence-electron chi connectivity index (χ0n) is 15.2. The Hall–Kier alpha value is -2.75. The van der Waals surface area contributed by atoms with Gasteiger partial charge in [0.2, 0.25) is 6.79 Å². The normalized spacial score (nSPS) is 13.5. The monoisotopic (exact) mass is 415 g/mol. The van der Waals surface area contributed by atoms with Crippen LogP contribution in [-0.2, 0) is 11.0 Å². The van der Waals surface area contributed by atoms with Crippen molar-refractivity contribution < 1.29 is 18.5 Å². The molecule has 28 heavy (non-hydrogen) atoms. The molecule has 0 spiro atoms. The second-order valence-electron chi connectivity index (χ2n) is 6.15. The van der Waals surface area contributed by atoms with Crippen molar-refractivity contribution in [2.24, 2.45) is 0 Å². The Labute approximate surface area is 168 Å². The molecule has 1 aliphatic rings. The maximum Gasteiger partial charge on any atom is 0.257 e. The number of hydrogen-bond donors (Lipinski definition) is 1. The van der Waals surface area contributed by atoms with E-state index in [-0.39, 0.29) is 12.7 Å². The lowest BCUT2D eigenvalue weighted by Crippen LogP contribution is -2.16. The summed E-state index contributed by atoms with van der Waals surface area (Å²) in [6, 6.07) is 12.3. The molecule has 0 aliphatic carbocycles. The standard InChI is InChI=1S/C19H17N3O4S2/c1-22(2)28(24)14-6-3-12(4-7-14)18(23)21-19-20-15(10-27-19)13-5-8-16-17(9-13)26-11-25-16/h3-10H,11H2,1-2H3,(H,20,21,23). The van der Waals surface area contributed by atoms with Crippen LogP contribution in [0, 0.1) is 0 Å². The SMILES string of the molecule is CN(C)S(=O)c1ccc(C(=O)Nc2nc(-c3ccc4c(c3)OCO4)cs2)cc1. The van der Waals surface area contributed by atoms with Crippen molar-refractivity contribution in [3.05, 3.63) is 53.4 Å². The van der Waals surface area contributed by atoms with Crippen LogP contribution >= 0.6 is 11.3 Å². The number of nitrogens with one attached hydrogen (secondary N) is 1. The van der Waals surface area contributed by atoms with Gasteiger partial charge in [0.25, 0.3) is 5.91 Å². The Balaban J connectivity index is 1.46. The first kappa shape index (κ1) is 18.6. The van der Waals surface area contributed by atoms with E-state index < -0.39 is 11.0 Å². The summed E-state index contributed by atoms with van der Waals surface area (Å²) in [5, 5.41) is 5.17. The first-order valence-electron chi connectivity index (χ1n) is 8.37. The van der Waals surface area contributed by atoms with Crippen LogP contribution in [0.2, 0.25) is 0 Å². The highest BCUT2D eigenvalue weighted by Gasteiger charge is 2.16. The van der Waals surface area contributed by atoms with Crippen molar-refractivity contribution in [2.75, 3.05) is 26.2 Å². The van der Waals surface area contributed by atoms with Gasteiger partial charge in [-0.2, -0.15) is 0 Å². The number of amides is 1. The van der Waals surface area contributed by atoms with Crippen LogP contribution in [0.5, 0.6) is 11.5 Å². The van der Waals surface area contributed by atoms with Gasteiger partial charge in [-0.25, -0.2) is 13.5 Å². The van der Waals surface area contributed by atoms with Crippen LogP contribution in [0.4, 0.5) is 5.13 Å². The van der Waals surface area contributed by atoms with E-state index in [1.165, 1.54) is 11.3 Å². The first-order valence-corrected chi connectivity index (χ1v) is 10.4. The molecule has 1 aromatic heterocycles. The molecule has 7 nitrogen and oxygen atoms in total. The van der Waals surface area contributed by atoms with E-state index in [1.54, 1.807) is 42.7 Å². The largest absolute Gasteiger partial charge is 0.454 e. The summed E-state index contributed by atoms with van der Waals surface area (Å²) in [7, 11) is 2.23. The Kier molecular flexibility index (Phi) is 5.12. The minimum atomic E-state index is -1.24. The Morgan fingerprint density at radius 2 is 1.89 bits per heavy atom. The smallest absolute Gasteiger partial charge is 0.257 e. The summed E-state index contributed by atoms with van der Waals surface area (Å²) in [4.78, 5) is 17.6. The fourth-order valence-corrected chi connectivity index (χ4v) is 4.13. The molecular weight excluding hydrogens is 398 g/mol. The topological polar surface area (TPSA) is 80.8 Å². The van der Waals surface area contributed by atoms with Gasteiger partial charge >= 0.3 is 0 Å². The first-order chi connectivity index (χ1) is 13.5. The minimum absolute atomic E-state index is 0.220. The van der Waals surface area contributed by atoms with Gasteiger partial charge in [0.15, 0.2) is 16.6 Å². The molecule has 1 aliphatic heterocycles. The summed E-state index contributed by atoms with van der Waals surface area (Å²) in [5.74, 6) is 1.13. The van der Waals surface area contributed by atoms with E-state index in [4.69, 9.17) is 9.47 Å². The van der Waals surface area contributed by atoms with Gasteiger partial charge in [0, 0.05) is 16.5 Å². The maximum absolute atomic E-state index is 12.5. The number of anilines is 1. The van der Waals surface area contributed by atoms with Gasteiger partial charge in [-0.3, -0.25) is 10.1 Å². The lowest BCUT2D eigenvalue weighted by atomic mass is 10.1. The number of rotatable bonds is 5. The molecule has 0 saturated carbocycles. The van der Waals surface area contributed by atoms with Crippen LogP contribution in [0.15, 0.2) is 52.7 Å². The zero-order chi connectivity index (χ0) is 19.7. The van der Waals surface area contributed by atoms with Gasteiger partial charge in [-0.15, -0.1) is 11.3 Å². The highest BCUT2D eigenvalue weighted by molar-refractivity contribution is 7.82. The molecule has 144 valence electrons. The van der Waals surface area contributed by atoms with E-state index in [0.29, 0.717) is 27.1 Å². The minimum Gasteiger partial charge on any atom is -0.454 e. The lowest BCUT2D eigenvalue weighted by molar-refractivity contribution is 0.102. The number of hydrogen-bond acceptors (Lipinski definition) is 6. The molecule has 1 unspecified atom stereocenters. The second kappa shape index (κ2) is 7.70. The predicted octanol–water partition coefficient (Wildman–Crippen LogP) is 3.38. The van der Waals surface area contributed by atoms with Crippen molar-refractivity contribution in [1.29, 1.82) is 0 Å². The van der Waals surface area contributed by atoms with Crippen LogP contribution < -0.4 is 14.8 Å². The molecule has 0 radical (unpaired) electrons.